The zero-order valence-electron chi connectivity index (χ0n) is 12.0. The van der Waals surface area contributed by atoms with Crippen LogP contribution in [0.5, 0.6) is 0 Å². The fourth-order valence-corrected chi connectivity index (χ4v) is 2.57. The number of nitrogens with zero attached hydrogens (tertiary/aromatic N) is 3. The summed E-state index contributed by atoms with van der Waals surface area (Å²) in [5, 5.41) is 11.6. The van der Waals surface area contributed by atoms with Gasteiger partial charge in [0.2, 0.25) is 0 Å². The molecule has 6 nitrogen and oxygen atoms in total. The van der Waals surface area contributed by atoms with Crippen LogP contribution in [0.2, 0.25) is 0 Å². The quantitative estimate of drug-likeness (QED) is 0.530. The van der Waals surface area contributed by atoms with Gasteiger partial charge in [-0.15, -0.1) is 0 Å². The minimum absolute atomic E-state index is 0.0528. The fraction of sp³-hybridized carbons (Fsp3) is 0.286. The summed E-state index contributed by atoms with van der Waals surface area (Å²) < 4.78 is 0. The van der Waals surface area contributed by atoms with Gasteiger partial charge in [-0.05, 0) is 6.07 Å². The number of rotatable bonds is 3. The number of aromatic nitrogens is 2. The van der Waals surface area contributed by atoms with Crippen LogP contribution in [0.25, 0.3) is 0 Å². The van der Waals surface area contributed by atoms with Crippen LogP contribution in [-0.4, -0.2) is 14.9 Å². The Bertz CT molecular complexity index is 683. The summed E-state index contributed by atoms with van der Waals surface area (Å²) in [6, 6.07) is 8.17. The summed E-state index contributed by atoms with van der Waals surface area (Å²) in [6.45, 7) is 5.96. The zero-order valence-corrected chi connectivity index (χ0v) is 12.8. The smallest absolute Gasteiger partial charge is 0.283 e. The van der Waals surface area contributed by atoms with Crippen LogP contribution >= 0.6 is 11.8 Å². The van der Waals surface area contributed by atoms with Gasteiger partial charge in [0.25, 0.3) is 5.69 Å². The normalized spacial score (nSPS) is 11.4. The third-order valence-corrected chi connectivity index (χ3v) is 3.65. The predicted octanol–water partition coefficient (Wildman–Crippen LogP) is 3.42. The molecule has 0 bridgehead atoms. The SMILES string of the molecule is CC(C)(C)c1nc(N)cc(Sc2ccccc2[N+](=O)[O-])n1. The van der Waals surface area contributed by atoms with Gasteiger partial charge < -0.3 is 5.73 Å². The average molecular weight is 304 g/mol. The summed E-state index contributed by atoms with van der Waals surface area (Å²) in [4.78, 5) is 19.8. The van der Waals surface area contributed by atoms with Crippen molar-refractivity contribution in [2.75, 3.05) is 5.73 Å². The van der Waals surface area contributed by atoms with Crippen molar-refractivity contribution in [3.8, 4) is 0 Å². The molecule has 0 saturated heterocycles. The van der Waals surface area contributed by atoms with Crippen LogP contribution in [-0.2, 0) is 5.41 Å². The highest BCUT2D eigenvalue weighted by molar-refractivity contribution is 7.99. The molecule has 0 unspecified atom stereocenters. The summed E-state index contributed by atoms with van der Waals surface area (Å²) >= 11 is 1.21. The molecule has 0 atom stereocenters. The highest BCUT2D eigenvalue weighted by atomic mass is 32.2. The van der Waals surface area contributed by atoms with Gasteiger partial charge in [0.05, 0.1) is 9.82 Å². The summed E-state index contributed by atoms with van der Waals surface area (Å²) in [6.07, 6.45) is 0. The van der Waals surface area contributed by atoms with E-state index in [0.717, 1.165) is 0 Å². The first-order valence-corrected chi connectivity index (χ1v) is 7.15. The second-order valence-corrected chi connectivity index (χ2v) is 6.59. The Balaban J connectivity index is 2.41. The first-order valence-electron chi connectivity index (χ1n) is 6.33. The number of para-hydroxylation sites is 1. The Morgan fingerprint density at radius 2 is 1.90 bits per heavy atom. The minimum atomic E-state index is -0.405. The van der Waals surface area contributed by atoms with Crippen molar-refractivity contribution in [2.45, 2.75) is 36.1 Å². The monoisotopic (exact) mass is 304 g/mol. The molecule has 1 aromatic heterocycles. The molecule has 0 aliphatic heterocycles. The van der Waals surface area contributed by atoms with E-state index in [1.165, 1.54) is 17.8 Å². The van der Waals surface area contributed by atoms with Crippen LogP contribution in [0.3, 0.4) is 0 Å². The van der Waals surface area contributed by atoms with Crippen molar-refractivity contribution in [1.82, 2.24) is 9.97 Å². The van der Waals surface area contributed by atoms with E-state index in [9.17, 15) is 10.1 Å². The topological polar surface area (TPSA) is 94.9 Å². The van der Waals surface area contributed by atoms with Crippen LogP contribution < -0.4 is 5.73 Å². The van der Waals surface area contributed by atoms with Crippen LogP contribution in [0.1, 0.15) is 26.6 Å². The second kappa shape index (κ2) is 5.69. The van der Waals surface area contributed by atoms with Gasteiger partial charge in [0, 0.05) is 17.5 Å². The van der Waals surface area contributed by atoms with Gasteiger partial charge in [-0.2, -0.15) is 0 Å². The number of nitrogen functional groups attached to an aromatic ring is 1. The Morgan fingerprint density at radius 3 is 2.52 bits per heavy atom. The summed E-state index contributed by atoms with van der Waals surface area (Å²) in [5.74, 6) is 0.972. The average Bonchev–Trinajstić information content (AvgIpc) is 2.37. The molecule has 110 valence electrons. The number of nitro benzene ring substituents is 1. The number of benzene rings is 1. The van der Waals surface area contributed by atoms with Gasteiger partial charge in [0.1, 0.15) is 16.7 Å². The molecular weight excluding hydrogens is 288 g/mol. The fourth-order valence-electron chi connectivity index (χ4n) is 1.64. The van der Waals surface area contributed by atoms with Crippen LogP contribution in [0, 0.1) is 10.1 Å². The Hall–Kier alpha value is -2.15. The maximum absolute atomic E-state index is 11.0. The lowest BCUT2D eigenvalue weighted by Crippen LogP contribution is -2.17. The van der Waals surface area contributed by atoms with Gasteiger partial charge in [0.15, 0.2) is 0 Å². The molecule has 0 saturated carbocycles. The minimum Gasteiger partial charge on any atom is -0.384 e. The van der Waals surface area contributed by atoms with E-state index in [-0.39, 0.29) is 11.1 Å². The molecule has 2 aromatic rings. The van der Waals surface area contributed by atoms with Crippen molar-refractivity contribution in [3.63, 3.8) is 0 Å². The van der Waals surface area contributed by atoms with Crippen molar-refractivity contribution in [1.29, 1.82) is 0 Å². The third kappa shape index (κ3) is 3.69. The predicted molar refractivity (Wildman–Crippen MR) is 82.4 cm³/mol. The molecule has 0 amide bonds. The number of nitro groups is 1. The lowest BCUT2D eigenvalue weighted by atomic mass is 9.96. The molecule has 1 heterocycles. The molecular formula is C14H16N4O2S. The molecule has 21 heavy (non-hydrogen) atoms. The lowest BCUT2D eigenvalue weighted by molar-refractivity contribution is -0.387. The highest BCUT2D eigenvalue weighted by Crippen LogP contribution is 2.34. The van der Waals surface area contributed by atoms with Gasteiger partial charge in [-0.1, -0.05) is 44.7 Å². The Kier molecular flexibility index (Phi) is 4.13. The van der Waals surface area contributed by atoms with Gasteiger partial charge >= 0.3 is 0 Å². The standard InChI is InChI=1S/C14H16N4O2S/c1-14(2,3)13-16-11(15)8-12(17-13)21-10-7-5-4-6-9(10)18(19)20/h4-8H,1-3H3,(H2,15,16,17). The number of hydrogen-bond acceptors (Lipinski definition) is 6. The van der Waals surface area contributed by atoms with Crippen molar-refractivity contribution < 1.29 is 4.92 Å². The number of nitrogens with two attached hydrogens (primary N) is 1. The van der Waals surface area contributed by atoms with Crippen molar-refractivity contribution in [2.24, 2.45) is 0 Å². The van der Waals surface area contributed by atoms with Crippen LogP contribution in [0.4, 0.5) is 11.5 Å². The molecule has 7 heteroatoms. The van der Waals surface area contributed by atoms with Gasteiger partial charge in [-0.25, -0.2) is 9.97 Å². The zero-order chi connectivity index (χ0) is 15.6. The Labute approximate surface area is 127 Å². The molecule has 0 aliphatic carbocycles. The molecule has 1 aromatic carbocycles. The maximum Gasteiger partial charge on any atom is 0.283 e. The number of anilines is 1. The van der Waals surface area contributed by atoms with E-state index in [1.54, 1.807) is 24.3 Å². The highest BCUT2D eigenvalue weighted by Gasteiger charge is 2.20. The Morgan fingerprint density at radius 1 is 1.24 bits per heavy atom. The molecule has 2 rings (SSSR count). The third-order valence-electron chi connectivity index (χ3n) is 2.67. The molecule has 0 aliphatic rings. The van der Waals surface area contributed by atoms with E-state index < -0.39 is 4.92 Å². The first kappa shape index (κ1) is 15.2. The maximum atomic E-state index is 11.0. The van der Waals surface area contributed by atoms with E-state index in [2.05, 4.69) is 9.97 Å². The molecule has 0 radical (unpaired) electrons. The van der Waals surface area contributed by atoms with E-state index in [1.807, 2.05) is 20.8 Å². The van der Waals surface area contributed by atoms with E-state index in [4.69, 9.17) is 5.73 Å². The first-order chi connectivity index (χ1) is 9.77. The second-order valence-electron chi connectivity index (χ2n) is 5.53. The van der Waals surface area contributed by atoms with Crippen molar-refractivity contribution in [3.05, 3.63) is 46.3 Å². The van der Waals surface area contributed by atoms with E-state index >= 15 is 0 Å². The lowest BCUT2D eigenvalue weighted by Gasteiger charge is -2.17. The van der Waals surface area contributed by atoms with Crippen molar-refractivity contribution >= 4 is 23.3 Å². The largest absolute Gasteiger partial charge is 0.384 e. The molecule has 0 fully saturated rings. The van der Waals surface area contributed by atoms with Gasteiger partial charge in [-0.3, -0.25) is 10.1 Å². The van der Waals surface area contributed by atoms with E-state index in [0.29, 0.717) is 21.6 Å². The van der Waals surface area contributed by atoms with Crippen LogP contribution in [0.15, 0.2) is 40.3 Å². The summed E-state index contributed by atoms with van der Waals surface area (Å²) in [5.41, 5.74) is 5.62. The number of hydrogen-bond donors (Lipinski definition) is 1. The molecule has 0 spiro atoms. The summed E-state index contributed by atoms with van der Waals surface area (Å²) in [7, 11) is 0. The molecule has 2 N–H and O–H groups in total.